The Labute approximate surface area is 126 Å². The van der Waals surface area contributed by atoms with E-state index in [4.69, 9.17) is 4.74 Å². The molecular formula is C16H16BrFO2. The van der Waals surface area contributed by atoms with Crippen LogP contribution in [0.25, 0.3) is 0 Å². The number of hydrogen-bond donors (Lipinski definition) is 1. The van der Waals surface area contributed by atoms with Crippen LogP contribution >= 0.6 is 15.9 Å². The Bertz CT molecular complexity index is 611. The summed E-state index contributed by atoms with van der Waals surface area (Å²) in [4.78, 5) is 0. The Balaban J connectivity index is 2.22. The van der Waals surface area contributed by atoms with Gasteiger partial charge in [-0.05, 0) is 43.7 Å². The Morgan fingerprint density at radius 3 is 2.70 bits per heavy atom. The second-order valence-corrected chi connectivity index (χ2v) is 5.66. The number of halogens is 2. The highest BCUT2D eigenvalue weighted by Gasteiger charge is 2.11. The van der Waals surface area contributed by atoms with Crippen molar-refractivity contribution in [3.05, 3.63) is 63.4 Å². The molecule has 1 N–H and O–H groups in total. The summed E-state index contributed by atoms with van der Waals surface area (Å²) in [6.07, 6.45) is -0.627. The Hall–Kier alpha value is -1.39. The normalized spacial score (nSPS) is 12.2. The van der Waals surface area contributed by atoms with E-state index in [2.05, 4.69) is 15.9 Å². The molecule has 106 valence electrons. The lowest BCUT2D eigenvalue weighted by atomic mass is 10.1. The van der Waals surface area contributed by atoms with Gasteiger partial charge >= 0.3 is 0 Å². The van der Waals surface area contributed by atoms with E-state index in [0.717, 1.165) is 10.0 Å². The molecule has 0 aliphatic carbocycles. The first kappa shape index (κ1) is 15.0. The predicted octanol–water partition coefficient (Wildman–Crippen LogP) is 4.53. The zero-order chi connectivity index (χ0) is 14.7. The Morgan fingerprint density at radius 2 is 2.00 bits per heavy atom. The van der Waals surface area contributed by atoms with Crippen LogP contribution in [0.4, 0.5) is 4.39 Å². The van der Waals surface area contributed by atoms with Gasteiger partial charge in [0.1, 0.15) is 18.2 Å². The maximum absolute atomic E-state index is 13.7. The standard InChI is InChI=1S/C16H16BrFO2/c1-10-3-5-14(11(2)19)16(7-10)20-9-12-8-13(17)4-6-15(12)18/h3-8,11,19H,9H2,1-2H3/t11-/m0/s1. The fourth-order valence-corrected chi connectivity index (χ4v) is 2.33. The van der Waals surface area contributed by atoms with Gasteiger partial charge in [0.05, 0.1) is 6.10 Å². The molecule has 0 saturated carbocycles. The molecule has 4 heteroatoms. The van der Waals surface area contributed by atoms with Crippen LogP contribution in [-0.2, 0) is 6.61 Å². The van der Waals surface area contributed by atoms with Gasteiger partial charge in [-0.15, -0.1) is 0 Å². The summed E-state index contributed by atoms with van der Waals surface area (Å²) >= 11 is 3.31. The first-order chi connectivity index (χ1) is 9.47. The fourth-order valence-electron chi connectivity index (χ4n) is 1.92. The van der Waals surface area contributed by atoms with Crippen molar-refractivity contribution in [2.45, 2.75) is 26.6 Å². The lowest BCUT2D eigenvalue weighted by Crippen LogP contribution is -2.03. The van der Waals surface area contributed by atoms with Crippen molar-refractivity contribution in [3.63, 3.8) is 0 Å². The van der Waals surface area contributed by atoms with Crippen LogP contribution in [0.1, 0.15) is 29.7 Å². The quantitative estimate of drug-likeness (QED) is 0.887. The zero-order valence-electron chi connectivity index (χ0n) is 11.4. The number of benzene rings is 2. The van der Waals surface area contributed by atoms with Crippen LogP contribution in [-0.4, -0.2) is 5.11 Å². The zero-order valence-corrected chi connectivity index (χ0v) is 12.9. The summed E-state index contributed by atoms with van der Waals surface area (Å²) < 4.78 is 20.1. The minimum atomic E-state index is -0.627. The number of aliphatic hydroxyl groups is 1. The van der Waals surface area contributed by atoms with Crippen LogP contribution in [0.5, 0.6) is 5.75 Å². The van der Waals surface area contributed by atoms with Crippen molar-refractivity contribution in [2.24, 2.45) is 0 Å². The minimum Gasteiger partial charge on any atom is -0.488 e. The second-order valence-electron chi connectivity index (χ2n) is 4.74. The van der Waals surface area contributed by atoms with Gasteiger partial charge in [-0.2, -0.15) is 0 Å². The van der Waals surface area contributed by atoms with Gasteiger partial charge in [0.25, 0.3) is 0 Å². The highest BCUT2D eigenvalue weighted by molar-refractivity contribution is 9.10. The molecule has 20 heavy (non-hydrogen) atoms. The predicted molar refractivity (Wildman–Crippen MR) is 80.2 cm³/mol. The maximum atomic E-state index is 13.7. The molecule has 0 radical (unpaired) electrons. The monoisotopic (exact) mass is 338 g/mol. The number of aryl methyl sites for hydroxylation is 1. The molecule has 0 bridgehead atoms. The molecule has 0 heterocycles. The third-order valence-corrected chi connectivity index (χ3v) is 3.50. The largest absolute Gasteiger partial charge is 0.488 e. The molecule has 0 saturated heterocycles. The van der Waals surface area contributed by atoms with Gasteiger partial charge in [-0.25, -0.2) is 4.39 Å². The highest BCUT2D eigenvalue weighted by Crippen LogP contribution is 2.27. The van der Waals surface area contributed by atoms with Gasteiger partial charge < -0.3 is 9.84 Å². The molecule has 0 aliphatic heterocycles. The van der Waals surface area contributed by atoms with E-state index in [0.29, 0.717) is 16.9 Å². The van der Waals surface area contributed by atoms with Crippen LogP contribution in [0.15, 0.2) is 40.9 Å². The third-order valence-electron chi connectivity index (χ3n) is 3.01. The molecule has 2 aromatic rings. The molecule has 0 amide bonds. The molecule has 2 rings (SSSR count). The molecule has 2 nitrogen and oxygen atoms in total. The molecule has 0 aliphatic rings. The molecule has 1 atom stereocenters. The lowest BCUT2D eigenvalue weighted by Gasteiger charge is -2.14. The topological polar surface area (TPSA) is 29.5 Å². The number of hydrogen-bond acceptors (Lipinski definition) is 2. The summed E-state index contributed by atoms with van der Waals surface area (Å²) in [5.41, 5.74) is 2.20. The van der Waals surface area contributed by atoms with E-state index < -0.39 is 6.10 Å². The van der Waals surface area contributed by atoms with Crippen molar-refractivity contribution in [3.8, 4) is 5.75 Å². The Kier molecular flexibility index (Phi) is 4.78. The van der Waals surface area contributed by atoms with E-state index in [9.17, 15) is 9.50 Å². The van der Waals surface area contributed by atoms with E-state index >= 15 is 0 Å². The van der Waals surface area contributed by atoms with Crippen molar-refractivity contribution in [2.75, 3.05) is 0 Å². The van der Waals surface area contributed by atoms with Crippen molar-refractivity contribution in [1.29, 1.82) is 0 Å². The molecule has 0 aromatic heterocycles. The van der Waals surface area contributed by atoms with Gasteiger partial charge in [0.15, 0.2) is 0 Å². The average Bonchev–Trinajstić information content (AvgIpc) is 2.39. The third kappa shape index (κ3) is 3.58. The van der Waals surface area contributed by atoms with Gasteiger partial charge in [-0.1, -0.05) is 28.1 Å². The number of ether oxygens (including phenoxy) is 1. The van der Waals surface area contributed by atoms with Crippen LogP contribution in [0.3, 0.4) is 0 Å². The summed E-state index contributed by atoms with van der Waals surface area (Å²) in [6.45, 7) is 3.74. The summed E-state index contributed by atoms with van der Waals surface area (Å²) in [6, 6.07) is 10.3. The minimum absolute atomic E-state index is 0.119. The molecule has 2 aromatic carbocycles. The van der Waals surface area contributed by atoms with Gasteiger partial charge in [0, 0.05) is 15.6 Å². The summed E-state index contributed by atoms with van der Waals surface area (Å²) in [7, 11) is 0. The number of aliphatic hydroxyl groups excluding tert-OH is 1. The second kappa shape index (κ2) is 6.37. The van der Waals surface area contributed by atoms with E-state index in [1.807, 2.05) is 25.1 Å². The average molecular weight is 339 g/mol. The lowest BCUT2D eigenvalue weighted by molar-refractivity contribution is 0.190. The van der Waals surface area contributed by atoms with E-state index in [1.165, 1.54) is 6.07 Å². The SMILES string of the molecule is Cc1ccc([C@H](C)O)c(OCc2cc(Br)ccc2F)c1. The first-order valence-corrected chi connectivity index (χ1v) is 7.12. The summed E-state index contributed by atoms with van der Waals surface area (Å²) in [5.74, 6) is 0.277. The van der Waals surface area contributed by atoms with E-state index in [1.54, 1.807) is 19.1 Å². The first-order valence-electron chi connectivity index (χ1n) is 6.32. The van der Waals surface area contributed by atoms with Crippen molar-refractivity contribution >= 4 is 15.9 Å². The maximum Gasteiger partial charge on any atom is 0.129 e. The number of rotatable bonds is 4. The Morgan fingerprint density at radius 1 is 1.25 bits per heavy atom. The van der Waals surface area contributed by atoms with Crippen LogP contribution in [0, 0.1) is 12.7 Å². The van der Waals surface area contributed by atoms with Crippen LogP contribution < -0.4 is 4.74 Å². The summed E-state index contributed by atoms with van der Waals surface area (Å²) in [5, 5.41) is 9.73. The highest BCUT2D eigenvalue weighted by atomic mass is 79.9. The van der Waals surface area contributed by atoms with Crippen molar-refractivity contribution in [1.82, 2.24) is 0 Å². The molecule has 0 unspecified atom stereocenters. The molecule has 0 fully saturated rings. The van der Waals surface area contributed by atoms with Gasteiger partial charge in [0.2, 0.25) is 0 Å². The van der Waals surface area contributed by atoms with E-state index in [-0.39, 0.29) is 12.4 Å². The van der Waals surface area contributed by atoms with Gasteiger partial charge in [-0.3, -0.25) is 0 Å². The smallest absolute Gasteiger partial charge is 0.129 e. The van der Waals surface area contributed by atoms with Crippen LogP contribution in [0.2, 0.25) is 0 Å². The van der Waals surface area contributed by atoms with Crippen molar-refractivity contribution < 1.29 is 14.2 Å². The molecular weight excluding hydrogens is 323 g/mol. The fraction of sp³-hybridized carbons (Fsp3) is 0.250. The molecule has 0 spiro atoms.